The topological polar surface area (TPSA) is 79.9 Å². The van der Waals surface area contributed by atoms with Crippen molar-refractivity contribution in [2.24, 2.45) is 0 Å². The largest absolute Gasteiger partial charge is 0.497 e. The average Bonchev–Trinajstić information content (AvgIpc) is 3.38. The number of aromatic nitrogens is 6. The maximum absolute atomic E-state index is 5.45. The van der Waals surface area contributed by atoms with E-state index in [0.29, 0.717) is 18.8 Å². The summed E-state index contributed by atoms with van der Waals surface area (Å²) in [6, 6.07) is 7.96. The number of benzene rings is 1. The number of nitrogens with zero attached hydrogens (tertiary/aromatic N) is 6. The van der Waals surface area contributed by atoms with Gasteiger partial charge in [-0.1, -0.05) is 12.8 Å². The van der Waals surface area contributed by atoms with Crippen molar-refractivity contribution in [2.45, 2.75) is 26.5 Å². The van der Waals surface area contributed by atoms with Crippen molar-refractivity contribution in [2.75, 3.05) is 14.2 Å². The fourth-order valence-electron chi connectivity index (χ4n) is 3.84. The minimum atomic E-state index is 0.358. The van der Waals surface area contributed by atoms with Crippen molar-refractivity contribution in [1.82, 2.24) is 29.3 Å². The van der Waals surface area contributed by atoms with Crippen molar-refractivity contribution in [3.05, 3.63) is 71.3 Å². The van der Waals surface area contributed by atoms with Crippen LogP contribution in [-0.4, -0.2) is 43.5 Å². The third kappa shape index (κ3) is 3.43. The van der Waals surface area contributed by atoms with Crippen LogP contribution in [0.4, 0.5) is 0 Å². The van der Waals surface area contributed by atoms with Crippen LogP contribution < -0.4 is 4.74 Å². The van der Waals surface area contributed by atoms with Gasteiger partial charge in [-0.25, -0.2) is 4.98 Å². The second kappa shape index (κ2) is 8.29. The molecule has 32 heavy (non-hydrogen) atoms. The standard InChI is InChI=1S/C24H22N6O2/c1-4-16-9-17(12-25-11-16)5-7-20-22-13-29-23(14-31-2)27-28-24(29)19-10-18(32-3)6-8-21(19)30(22)15-26-20/h6,8-12,15H,4,13-14H2,1-3H3. The molecule has 160 valence electrons. The monoisotopic (exact) mass is 426 g/mol. The highest BCUT2D eigenvalue weighted by molar-refractivity contribution is 5.71. The van der Waals surface area contributed by atoms with Crippen LogP contribution in [0.25, 0.3) is 17.1 Å². The molecule has 1 aliphatic rings. The molecule has 0 spiro atoms. The molecular weight excluding hydrogens is 404 g/mol. The molecule has 1 aromatic carbocycles. The van der Waals surface area contributed by atoms with Crippen molar-refractivity contribution in [3.8, 4) is 34.7 Å². The summed E-state index contributed by atoms with van der Waals surface area (Å²) in [5.74, 6) is 8.71. The minimum absolute atomic E-state index is 0.358. The van der Waals surface area contributed by atoms with E-state index in [2.05, 4.69) is 49.6 Å². The van der Waals surface area contributed by atoms with E-state index in [0.717, 1.165) is 51.9 Å². The second-order valence-corrected chi connectivity index (χ2v) is 7.44. The second-order valence-electron chi connectivity index (χ2n) is 7.44. The Labute approximate surface area is 185 Å². The summed E-state index contributed by atoms with van der Waals surface area (Å²) in [6.07, 6.45) is 6.36. The van der Waals surface area contributed by atoms with Crippen molar-refractivity contribution in [1.29, 1.82) is 0 Å². The Morgan fingerprint density at radius 3 is 2.81 bits per heavy atom. The molecule has 0 N–H and O–H groups in total. The lowest BCUT2D eigenvalue weighted by Crippen LogP contribution is -2.09. The van der Waals surface area contributed by atoms with Crippen LogP contribution >= 0.6 is 0 Å². The number of pyridine rings is 1. The molecule has 0 saturated heterocycles. The Morgan fingerprint density at radius 1 is 1.09 bits per heavy atom. The number of hydrogen-bond donors (Lipinski definition) is 0. The Hall–Kier alpha value is -3.96. The number of fused-ring (bicyclic) bond motifs is 5. The normalized spacial score (nSPS) is 11.6. The molecule has 8 nitrogen and oxygen atoms in total. The average molecular weight is 426 g/mol. The van der Waals surface area contributed by atoms with Gasteiger partial charge in [-0.3, -0.25) is 9.55 Å². The first kappa shape index (κ1) is 20.0. The summed E-state index contributed by atoms with van der Waals surface area (Å²) in [7, 11) is 3.30. The highest BCUT2D eigenvalue weighted by atomic mass is 16.5. The number of rotatable bonds is 4. The van der Waals surface area contributed by atoms with E-state index in [1.54, 1.807) is 26.7 Å². The van der Waals surface area contributed by atoms with Gasteiger partial charge in [-0.05, 0) is 42.2 Å². The van der Waals surface area contributed by atoms with E-state index >= 15 is 0 Å². The number of ether oxygens (including phenoxy) is 2. The molecule has 0 saturated carbocycles. The molecule has 0 atom stereocenters. The fraction of sp³-hybridized carbons (Fsp3) is 0.250. The summed E-state index contributed by atoms with van der Waals surface area (Å²) in [6.45, 7) is 2.98. The van der Waals surface area contributed by atoms with Gasteiger partial charge >= 0.3 is 0 Å². The Balaban J connectivity index is 1.66. The predicted octanol–water partition coefficient (Wildman–Crippen LogP) is 3.00. The highest BCUT2D eigenvalue weighted by Crippen LogP contribution is 2.34. The number of aryl methyl sites for hydroxylation is 1. The number of hydrogen-bond acceptors (Lipinski definition) is 6. The van der Waals surface area contributed by atoms with Gasteiger partial charge in [-0.15, -0.1) is 10.2 Å². The quantitative estimate of drug-likeness (QED) is 0.411. The zero-order chi connectivity index (χ0) is 22.1. The molecule has 4 heterocycles. The van der Waals surface area contributed by atoms with Gasteiger partial charge in [0.15, 0.2) is 11.6 Å². The van der Waals surface area contributed by atoms with E-state index in [4.69, 9.17) is 9.47 Å². The molecule has 0 radical (unpaired) electrons. The Kier molecular flexibility index (Phi) is 5.17. The zero-order valence-electron chi connectivity index (χ0n) is 18.2. The van der Waals surface area contributed by atoms with E-state index in [1.165, 1.54) is 0 Å². The maximum atomic E-state index is 5.45. The Morgan fingerprint density at radius 2 is 2.00 bits per heavy atom. The van der Waals surface area contributed by atoms with Gasteiger partial charge < -0.3 is 14.0 Å². The van der Waals surface area contributed by atoms with E-state index in [1.807, 2.05) is 29.0 Å². The highest BCUT2D eigenvalue weighted by Gasteiger charge is 2.26. The van der Waals surface area contributed by atoms with E-state index in [9.17, 15) is 0 Å². The smallest absolute Gasteiger partial charge is 0.166 e. The first-order valence-corrected chi connectivity index (χ1v) is 10.3. The predicted molar refractivity (Wildman–Crippen MR) is 119 cm³/mol. The van der Waals surface area contributed by atoms with Gasteiger partial charge in [0, 0.05) is 30.6 Å². The molecular formula is C24H22N6O2. The van der Waals surface area contributed by atoms with Gasteiger partial charge in [0.25, 0.3) is 0 Å². The Bertz CT molecular complexity index is 1360. The van der Waals surface area contributed by atoms with Crippen LogP contribution in [0.5, 0.6) is 5.75 Å². The molecule has 5 rings (SSSR count). The van der Waals surface area contributed by atoms with E-state index < -0.39 is 0 Å². The molecule has 1 aliphatic heterocycles. The molecule has 0 amide bonds. The first-order valence-electron chi connectivity index (χ1n) is 10.3. The first-order chi connectivity index (χ1) is 15.7. The maximum Gasteiger partial charge on any atom is 0.166 e. The van der Waals surface area contributed by atoms with Crippen LogP contribution in [0.2, 0.25) is 0 Å². The molecule has 0 bridgehead atoms. The van der Waals surface area contributed by atoms with Crippen LogP contribution in [-0.2, 0) is 24.3 Å². The van der Waals surface area contributed by atoms with Crippen LogP contribution in [0.3, 0.4) is 0 Å². The number of methoxy groups -OCH3 is 2. The van der Waals surface area contributed by atoms with Crippen molar-refractivity contribution < 1.29 is 9.47 Å². The lowest BCUT2D eigenvalue weighted by molar-refractivity contribution is 0.174. The van der Waals surface area contributed by atoms with Gasteiger partial charge in [0.1, 0.15) is 24.4 Å². The minimum Gasteiger partial charge on any atom is -0.497 e. The van der Waals surface area contributed by atoms with Crippen molar-refractivity contribution in [3.63, 3.8) is 0 Å². The summed E-state index contributed by atoms with van der Waals surface area (Å²) in [5, 5.41) is 8.81. The zero-order valence-corrected chi connectivity index (χ0v) is 18.2. The summed E-state index contributed by atoms with van der Waals surface area (Å²) < 4.78 is 14.9. The number of imidazole rings is 1. The van der Waals surface area contributed by atoms with Crippen molar-refractivity contribution >= 4 is 0 Å². The van der Waals surface area contributed by atoms with Gasteiger partial charge in [-0.2, -0.15) is 0 Å². The fourth-order valence-corrected chi connectivity index (χ4v) is 3.84. The lowest BCUT2D eigenvalue weighted by Gasteiger charge is -2.09. The van der Waals surface area contributed by atoms with Crippen LogP contribution in [0, 0.1) is 11.8 Å². The summed E-state index contributed by atoms with van der Waals surface area (Å²) >= 11 is 0. The van der Waals surface area contributed by atoms with Gasteiger partial charge in [0.2, 0.25) is 0 Å². The lowest BCUT2D eigenvalue weighted by atomic mass is 10.1. The SMILES string of the molecule is CCc1cncc(C#Cc2ncn3c2Cn2c(COC)nnc2-c2cc(OC)ccc2-3)c1. The van der Waals surface area contributed by atoms with Crippen LogP contribution in [0.15, 0.2) is 43.0 Å². The molecule has 8 heteroatoms. The van der Waals surface area contributed by atoms with Gasteiger partial charge in [0.05, 0.1) is 25.0 Å². The molecule has 4 aromatic rings. The summed E-state index contributed by atoms with van der Waals surface area (Å²) in [5.41, 5.74) is 5.55. The molecule has 0 unspecified atom stereocenters. The van der Waals surface area contributed by atoms with E-state index in [-0.39, 0.29) is 0 Å². The third-order valence-electron chi connectivity index (χ3n) is 5.51. The molecule has 3 aromatic heterocycles. The third-order valence-corrected chi connectivity index (χ3v) is 5.51. The summed E-state index contributed by atoms with van der Waals surface area (Å²) in [4.78, 5) is 8.91. The molecule has 0 aliphatic carbocycles. The van der Waals surface area contributed by atoms with Crippen LogP contribution in [0.1, 0.15) is 35.3 Å². The molecule has 0 fully saturated rings.